The Morgan fingerprint density at radius 1 is 1.11 bits per heavy atom. The molecule has 3 heterocycles. The van der Waals surface area contributed by atoms with Crippen LogP contribution in [0.4, 0.5) is 0 Å². The van der Waals surface area contributed by atoms with Gasteiger partial charge in [-0.3, -0.25) is 14.5 Å². The maximum Gasteiger partial charge on any atom is 0.261 e. The summed E-state index contributed by atoms with van der Waals surface area (Å²) in [5, 5.41) is 9.86. The normalized spacial score (nSPS) is 16.0. The molecule has 27 heavy (non-hydrogen) atoms. The average Bonchev–Trinajstić information content (AvgIpc) is 3.40. The van der Waals surface area contributed by atoms with Gasteiger partial charge in [0.2, 0.25) is 5.91 Å². The largest absolute Gasteiger partial charge is 0.379 e. The van der Waals surface area contributed by atoms with Crippen molar-refractivity contribution in [2.45, 2.75) is 18.9 Å². The fraction of sp³-hybridized carbons (Fsp3) is 0.474. The smallest absolute Gasteiger partial charge is 0.261 e. The van der Waals surface area contributed by atoms with E-state index in [1.165, 1.54) is 16.2 Å². The molecule has 1 atom stereocenters. The lowest BCUT2D eigenvalue weighted by molar-refractivity contribution is -0.121. The van der Waals surface area contributed by atoms with Gasteiger partial charge in [0, 0.05) is 37.5 Å². The second-order valence-electron chi connectivity index (χ2n) is 6.32. The zero-order valence-corrected chi connectivity index (χ0v) is 16.8. The van der Waals surface area contributed by atoms with E-state index in [2.05, 4.69) is 27.0 Å². The summed E-state index contributed by atoms with van der Waals surface area (Å²) in [6.45, 7) is 4.34. The highest BCUT2D eigenvalue weighted by atomic mass is 32.1. The van der Waals surface area contributed by atoms with Crippen molar-refractivity contribution in [3.05, 3.63) is 44.8 Å². The van der Waals surface area contributed by atoms with Gasteiger partial charge in [0.25, 0.3) is 5.91 Å². The van der Waals surface area contributed by atoms with Gasteiger partial charge in [0.05, 0.1) is 24.1 Å². The Balaban J connectivity index is 1.39. The number of carbonyl (C=O) groups is 2. The van der Waals surface area contributed by atoms with E-state index in [4.69, 9.17) is 4.74 Å². The lowest BCUT2D eigenvalue weighted by atomic mass is 10.2. The van der Waals surface area contributed by atoms with Crippen LogP contribution in [0.2, 0.25) is 0 Å². The number of morpholine rings is 1. The summed E-state index contributed by atoms with van der Waals surface area (Å²) in [5.74, 6) is -0.0503. The van der Waals surface area contributed by atoms with Gasteiger partial charge in [-0.05, 0) is 29.3 Å². The van der Waals surface area contributed by atoms with Crippen molar-refractivity contribution in [2.24, 2.45) is 0 Å². The SMILES string of the molecule is O=C(CCCNC(=O)c1cccs1)NC[C@@H](c1cccs1)N1CCOCC1. The van der Waals surface area contributed by atoms with Crippen LogP contribution >= 0.6 is 22.7 Å². The van der Waals surface area contributed by atoms with Crippen molar-refractivity contribution in [3.8, 4) is 0 Å². The molecule has 6 nitrogen and oxygen atoms in total. The Morgan fingerprint density at radius 3 is 2.59 bits per heavy atom. The minimum absolute atomic E-state index is 0.0233. The van der Waals surface area contributed by atoms with E-state index in [0.717, 1.165) is 26.3 Å². The molecule has 2 aromatic rings. The first-order valence-electron chi connectivity index (χ1n) is 9.17. The minimum atomic E-state index is -0.0736. The topological polar surface area (TPSA) is 70.7 Å². The maximum atomic E-state index is 12.2. The Bertz CT molecular complexity index is 698. The molecule has 0 aliphatic carbocycles. The molecule has 1 aliphatic rings. The Kier molecular flexibility index (Phi) is 7.82. The summed E-state index contributed by atoms with van der Waals surface area (Å²) >= 11 is 3.13. The zero-order chi connectivity index (χ0) is 18.9. The monoisotopic (exact) mass is 407 g/mol. The molecular formula is C19H25N3O3S2. The molecule has 0 unspecified atom stereocenters. The van der Waals surface area contributed by atoms with Crippen molar-refractivity contribution in [3.63, 3.8) is 0 Å². The summed E-state index contributed by atoms with van der Waals surface area (Å²) in [5.41, 5.74) is 0. The molecule has 0 spiro atoms. The number of nitrogens with one attached hydrogen (secondary N) is 2. The predicted octanol–water partition coefficient (Wildman–Crippen LogP) is 2.51. The summed E-state index contributed by atoms with van der Waals surface area (Å²) in [7, 11) is 0. The summed E-state index contributed by atoms with van der Waals surface area (Å²) in [6, 6.07) is 8.01. The molecule has 8 heteroatoms. The summed E-state index contributed by atoms with van der Waals surface area (Å²) in [6.07, 6.45) is 1.04. The second kappa shape index (κ2) is 10.6. The van der Waals surface area contributed by atoms with Gasteiger partial charge in [-0.2, -0.15) is 0 Å². The van der Waals surface area contributed by atoms with E-state index >= 15 is 0 Å². The fourth-order valence-electron chi connectivity index (χ4n) is 3.02. The van der Waals surface area contributed by atoms with Crippen LogP contribution in [-0.2, 0) is 9.53 Å². The van der Waals surface area contributed by atoms with Gasteiger partial charge in [-0.1, -0.05) is 12.1 Å². The Labute approximate surface area is 167 Å². The standard InChI is InChI=1S/C19H25N3O3S2/c23-18(6-1-7-20-19(24)17-5-3-13-27-17)21-14-15(16-4-2-12-26-16)22-8-10-25-11-9-22/h2-5,12-13,15H,1,6-11,14H2,(H,20,24)(H,21,23)/t15-/m0/s1. The minimum Gasteiger partial charge on any atom is -0.379 e. The molecule has 1 saturated heterocycles. The fourth-order valence-corrected chi connectivity index (χ4v) is 4.53. The number of rotatable bonds is 9. The molecule has 0 saturated carbocycles. The van der Waals surface area contributed by atoms with E-state index in [9.17, 15) is 9.59 Å². The van der Waals surface area contributed by atoms with Crippen molar-refractivity contribution >= 4 is 34.5 Å². The van der Waals surface area contributed by atoms with Crippen molar-refractivity contribution in [1.29, 1.82) is 0 Å². The van der Waals surface area contributed by atoms with Crippen LogP contribution in [0, 0.1) is 0 Å². The maximum absolute atomic E-state index is 12.2. The molecule has 0 aromatic carbocycles. The van der Waals surface area contributed by atoms with Gasteiger partial charge in [0.1, 0.15) is 0 Å². The highest BCUT2D eigenvalue weighted by Crippen LogP contribution is 2.25. The summed E-state index contributed by atoms with van der Waals surface area (Å²) < 4.78 is 5.44. The quantitative estimate of drug-likeness (QED) is 0.627. The van der Waals surface area contributed by atoms with E-state index in [1.807, 2.05) is 17.5 Å². The number of hydrogen-bond acceptors (Lipinski definition) is 6. The molecule has 0 radical (unpaired) electrons. The molecule has 2 amide bonds. The van der Waals surface area contributed by atoms with E-state index < -0.39 is 0 Å². The molecule has 1 aliphatic heterocycles. The predicted molar refractivity (Wildman–Crippen MR) is 108 cm³/mol. The lowest BCUT2D eigenvalue weighted by Crippen LogP contribution is -2.43. The summed E-state index contributed by atoms with van der Waals surface area (Å²) in [4.78, 5) is 28.4. The highest BCUT2D eigenvalue weighted by molar-refractivity contribution is 7.12. The molecule has 3 rings (SSSR count). The van der Waals surface area contributed by atoms with E-state index in [-0.39, 0.29) is 17.9 Å². The first-order chi connectivity index (χ1) is 13.2. The molecule has 2 N–H and O–H groups in total. The van der Waals surface area contributed by atoms with Crippen LogP contribution in [0.5, 0.6) is 0 Å². The third kappa shape index (κ3) is 6.14. The average molecular weight is 408 g/mol. The Morgan fingerprint density at radius 2 is 1.89 bits per heavy atom. The zero-order valence-electron chi connectivity index (χ0n) is 15.2. The third-order valence-corrected chi connectivity index (χ3v) is 6.30. The lowest BCUT2D eigenvalue weighted by Gasteiger charge is -2.34. The molecule has 0 bridgehead atoms. The number of amides is 2. The number of carbonyl (C=O) groups excluding carboxylic acids is 2. The third-order valence-electron chi connectivity index (χ3n) is 4.46. The van der Waals surface area contributed by atoms with Crippen LogP contribution in [-0.4, -0.2) is 56.1 Å². The van der Waals surface area contributed by atoms with Crippen molar-refractivity contribution < 1.29 is 14.3 Å². The molecule has 146 valence electrons. The van der Waals surface area contributed by atoms with Gasteiger partial charge in [-0.25, -0.2) is 0 Å². The van der Waals surface area contributed by atoms with Crippen LogP contribution in [0.25, 0.3) is 0 Å². The molecule has 2 aromatic heterocycles. The van der Waals surface area contributed by atoms with Crippen LogP contribution in [0.3, 0.4) is 0 Å². The van der Waals surface area contributed by atoms with Crippen molar-refractivity contribution in [2.75, 3.05) is 39.4 Å². The first-order valence-corrected chi connectivity index (χ1v) is 10.9. The van der Waals surface area contributed by atoms with E-state index in [1.54, 1.807) is 17.4 Å². The van der Waals surface area contributed by atoms with Gasteiger partial charge < -0.3 is 15.4 Å². The van der Waals surface area contributed by atoms with E-state index in [0.29, 0.717) is 30.8 Å². The number of ether oxygens (including phenoxy) is 1. The van der Waals surface area contributed by atoms with Gasteiger partial charge >= 0.3 is 0 Å². The highest BCUT2D eigenvalue weighted by Gasteiger charge is 2.23. The van der Waals surface area contributed by atoms with Gasteiger partial charge in [-0.15, -0.1) is 22.7 Å². The first kappa shape index (κ1) is 20.0. The van der Waals surface area contributed by atoms with Crippen LogP contribution in [0.15, 0.2) is 35.0 Å². The van der Waals surface area contributed by atoms with Crippen molar-refractivity contribution in [1.82, 2.24) is 15.5 Å². The number of hydrogen-bond donors (Lipinski definition) is 2. The number of thiophene rings is 2. The second-order valence-corrected chi connectivity index (χ2v) is 8.25. The molecule has 1 fully saturated rings. The number of nitrogens with zero attached hydrogens (tertiary/aromatic N) is 1. The van der Waals surface area contributed by atoms with Gasteiger partial charge in [0.15, 0.2) is 0 Å². The Hall–Kier alpha value is -1.74. The van der Waals surface area contributed by atoms with Crippen LogP contribution in [0.1, 0.15) is 33.4 Å². The molecular weight excluding hydrogens is 382 g/mol. The van der Waals surface area contributed by atoms with Crippen LogP contribution < -0.4 is 10.6 Å².